The standard InChI is InChI=1S/C31H28N4O6/c1-3-7-27-32-24(4-2)28(40-21-14-15-25-26(16-21)39-18-38-25)30(36)35(27)17-19-10-12-20(13-11-19)22-8-5-6-9-23(22)29-33-31(37)41-34-29/h5-6,8-16H,3-4,7,17-18H2,1-2H3,(H,33,34,37)/p-1. The first-order chi connectivity index (χ1) is 20.0. The number of rotatable bonds is 9. The average Bonchev–Trinajstić information content (AvgIpc) is 3.65. The molecule has 2 aromatic heterocycles. The van der Waals surface area contributed by atoms with Crippen molar-refractivity contribution in [2.75, 3.05) is 6.79 Å². The third-order valence-electron chi connectivity index (χ3n) is 6.83. The molecule has 10 nitrogen and oxygen atoms in total. The Hall–Kier alpha value is -5.12. The van der Waals surface area contributed by atoms with E-state index in [1.807, 2.05) is 55.5 Å². The summed E-state index contributed by atoms with van der Waals surface area (Å²) in [7, 11) is 0. The van der Waals surface area contributed by atoms with Crippen molar-refractivity contribution in [1.29, 1.82) is 0 Å². The van der Waals surface area contributed by atoms with E-state index < -0.39 is 6.08 Å². The van der Waals surface area contributed by atoms with E-state index in [1.54, 1.807) is 22.8 Å². The van der Waals surface area contributed by atoms with Gasteiger partial charge in [0, 0.05) is 18.1 Å². The lowest BCUT2D eigenvalue weighted by Gasteiger charge is -2.17. The lowest BCUT2D eigenvalue weighted by molar-refractivity contribution is -0.303. The fourth-order valence-electron chi connectivity index (χ4n) is 4.83. The third-order valence-corrected chi connectivity index (χ3v) is 6.83. The van der Waals surface area contributed by atoms with Crippen LogP contribution in [0.15, 0.2) is 76.0 Å². The Morgan fingerprint density at radius 1 is 0.951 bits per heavy atom. The maximum absolute atomic E-state index is 13.9. The molecule has 1 aliphatic heterocycles. The zero-order valence-corrected chi connectivity index (χ0v) is 22.6. The first kappa shape index (κ1) is 26.1. The minimum atomic E-state index is -0.733. The van der Waals surface area contributed by atoms with Gasteiger partial charge in [0.05, 0.1) is 12.2 Å². The van der Waals surface area contributed by atoms with E-state index in [9.17, 15) is 9.90 Å². The third kappa shape index (κ3) is 5.23. The van der Waals surface area contributed by atoms with Crippen molar-refractivity contribution in [3.05, 3.63) is 94.2 Å². The van der Waals surface area contributed by atoms with Gasteiger partial charge < -0.3 is 23.8 Å². The molecule has 0 atom stereocenters. The number of aromatic nitrogens is 4. The van der Waals surface area contributed by atoms with E-state index in [0.717, 1.165) is 23.1 Å². The van der Waals surface area contributed by atoms with Gasteiger partial charge in [-0.25, -0.2) is 9.97 Å². The topological polar surface area (TPSA) is 125 Å². The molecule has 0 fully saturated rings. The summed E-state index contributed by atoms with van der Waals surface area (Å²) in [5.41, 5.74) is 3.76. The largest absolute Gasteiger partial charge is 0.528 e. The van der Waals surface area contributed by atoms with Crippen molar-refractivity contribution in [1.82, 2.24) is 19.7 Å². The quantitative estimate of drug-likeness (QED) is 0.245. The second-order valence-electron chi connectivity index (χ2n) is 9.54. The molecule has 208 valence electrons. The first-order valence-corrected chi connectivity index (χ1v) is 13.4. The number of hydrogen-bond acceptors (Lipinski definition) is 9. The van der Waals surface area contributed by atoms with Gasteiger partial charge in [-0.05, 0) is 41.7 Å². The summed E-state index contributed by atoms with van der Waals surface area (Å²) in [5.74, 6) is 2.85. The van der Waals surface area contributed by atoms with Crippen LogP contribution in [0.2, 0.25) is 0 Å². The Balaban J connectivity index is 1.33. The molecule has 6 rings (SSSR count). The Kier molecular flexibility index (Phi) is 7.11. The van der Waals surface area contributed by atoms with Crippen molar-refractivity contribution in [2.24, 2.45) is 0 Å². The minimum Gasteiger partial charge on any atom is -0.528 e. The van der Waals surface area contributed by atoms with Gasteiger partial charge >= 0.3 is 0 Å². The van der Waals surface area contributed by atoms with E-state index in [-0.39, 0.29) is 23.9 Å². The van der Waals surface area contributed by atoms with Crippen molar-refractivity contribution in [3.8, 4) is 51.6 Å². The zero-order valence-electron chi connectivity index (χ0n) is 22.6. The Morgan fingerprint density at radius 2 is 1.73 bits per heavy atom. The van der Waals surface area contributed by atoms with Gasteiger partial charge in [0.25, 0.3) is 5.56 Å². The molecular formula is C31H27N4O6-. The lowest BCUT2D eigenvalue weighted by Crippen LogP contribution is -2.28. The molecule has 3 aromatic carbocycles. The summed E-state index contributed by atoms with van der Waals surface area (Å²) < 4.78 is 23.3. The molecule has 0 spiro atoms. The highest BCUT2D eigenvalue weighted by Gasteiger charge is 2.20. The number of ether oxygens (including phenoxy) is 3. The predicted molar refractivity (Wildman–Crippen MR) is 148 cm³/mol. The zero-order chi connectivity index (χ0) is 28.3. The summed E-state index contributed by atoms with van der Waals surface area (Å²) in [4.78, 5) is 22.6. The van der Waals surface area contributed by atoms with Gasteiger partial charge in [0.1, 0.15) is 11.6 Å². The van der Waals surface area contributed by atoms with Crippen LogP contribution in [0.5, 0.6) is 29.1 Å². The molecule has 0 amide bonds. The Bertz CT molecular complexity index is 1760. The van der Waals surface area contributed by atoms with Gasteiger partial charge in [0.15, 0.2) is 23.4 Å². The van der Waals surface area contributed by atoms with Crippen molar-refractivity contribution in [2.45, 2.75) is 39.7 Å². The summed E-state index contributed by atoms with van der Waals surface area (Å²) in [5, 5.41) is 15.2. The molecule has 10 heteroatoms. The van der Waals surface area contributed by atoms with Crippen LogP contribution in [-0.2, 0) is 19.4 Å². The molecule has 5 aromatic rings. The van der Waals surface area contributed by atoms with Gasteiger partial charge in [-0.1, -0.05) is 62.4 Å². The van der Waals surface area contributed by atoms with Crippen molar-refractivity contribution >= 4 is 0 Å². The van der Waals surface area contributed by atoms with Crippen molar-refractivity contribution < 1.29 is 23.8 Å². The van der Waals surface area contributed by atoms with Crippen molar-refractivity contribution in [3.63, 3.8) is 0 Å². The summed E-state index contributed by atoms with van der Waals surface area (Å²) in [6.07, 6.45) is 1.32. The number of aryl methyl sites for hydroxylation is 2. The number of hydrogen-bond donors (Lipinski definition) is 0. The van der Waals surface area contributed by atoms with Crippen LogP contribution in [0.3, 0.4) is 0 Å². The molecule has 41 heavy (non-hydrogen) atoms. The molecule has 0 N–H and O–H groups in total. The molecule has 0 radical (unpaired) electrons. The average molecular weight is 552 g/mol. The van der Waals surface area contributed by atoms with Crippen LogP contribution in [0.1, 0.15) is 37.4 Å². The van der Waals surface area contributed by atoms with E-state index in [1.165, 1.54) is 0 Å². The highest BCUT2D eigenvalue weighted by Crippen LogP contribution is 2.37. The van der Waals surface area contributed by atoms with E-state index in [2.05, 4.69) is 21.6 Å². The van der Waals surface area contributed by atoms with Gasteiger partial charge in [-0.15, -0.1) is 0 Å². The SMILES string of the molecule is CCCc1nc(CC)c(Oc2ccc3c(c2)OCO3)c(=O)n1Cc1ccc(-c2ccccc2-c2noc([O-])n2)cc1. The van der Waals surface area contributed by atoms with Crippen LogP contribution < -0.4 is 24.9 Å². The summed E-state index contributed by atoms with van der Waals surface area (Å²) in [6.45, 7) is 4.50. The maximum atomic E-state index is 13.9. The maximum Gasteiger partial charge on any atom is 0.297 e. The smallest absolute Gasteiger partial charge is 0.297 e. The Labute approximate surface area is 235 Å². The summed E-state index contributed by atoms with van der Waals surface area (Å²) >= 11 is 0. The van der Waals surface area contributed by atoms with E-state index in [0.29, 0.717) is 53.7 Å². The molecule has 0 saturated heterocycles. The molecule has 0 aliphatic carbocycles. The van der Waals surface area contributed by atoms with Crippen LogP contribution in [-0.4, -0.2) is 26.5 Å². The molecule has 1 aliphatic rings. The molecular weight excluding hydrogens is 524 g/mol. The van der Waals surface area contributed by atoms with E-state index >= 15 is 0 Å². The highest BCUT2D eigenvalue weighted by atomic mass is 16.7. The van der Waals surface area contributed by atoms with Gasteiger partial charge in [0.2, 0.25) is 12.5 Å². The van der Waals surface area contributed by atoms with Crippen LogP contribution in [0.4, 0.5) is 0 Å². The normalized spacial score (nSPS) is 12.0. The van der Waals surface area contributed by atoms with Crippen LogP contribution >= 0.6 is 0 Å². The number of fused-ring (bicyclic) bond motifs is 1. The van der Waals surface area contributed by atoms with Gasteiger partial charge in [-0.2, -0.15) is 5.16 Å². The Morgan fingerprint density at radius 3 is 2.46 bits per heavy atom. The minimum absolute atomic E-state index is 0.154. The number of benzene rings is 3. The fraction of sp³-hybridized carbons (Fsp3) is 0.226. The first-order valence-electron chi connectivity index (χ1n) is 13.4. The van der Waals surface area contributed by atoms with Gasteiger partial charge in [-0.3, -0.25) is 9.36 Å². The van der Waals surface area contributed by atoms with E-state index in [4.69, 9.17) is 19.2 Å². The molecule has 3 heterocycles. The monoisotopic (exact) mass is 551 g/mol. The number of nitrogens with zero attached hydrogens (tertiary/aromatic N) is 4. The molecule has 0 unspecified atom stereocenters. The molecule has 0 bridgehead atoms. The predicted octanol–water partition coefficient (Wildman–Crippen LogP) is 5.12. The lowest BCUT2D eigenvalue weighted by atomic mass is 9.98. The fourth-order valence-corrected chi connectivity index (χ4v) is 4.83. The van der Waals surface area contributed by atoms with Crippen LogP contribution in [0.25, 0.3) is 22.5 Å². The second-order valence-corrected chi connectivity index (χ2v) is 9.54. The second kappa shape index (κ2) is 11.2. The highest BCUT2D eigenvalue weighted by molar-refractivity contribution is 5.80. The molecule has 0 saturated carbocycles. The van der Waals surface area contributed by atoms with Crippen LogP contribution in [0, 0.1) is 0 Å². The summed E-state index contributed by atoms with van der Waals surface area (Å²) in [6, 6.07) is 20.6.